The van der Waals surface area contributed by atoms with E-state index in [-0.39, 0.29) is 11.6 Å². The third-order valence-electron chi connectivity index (χ3n) is 3.57. The molecule has 1 N–H and O–H groups in total. The van der Waals surface area contributed by atoms with E-state index in [2.05, 4.69) is 4.98 Å². The standard InChI is InChI=1S/C11H17N3O4S/c1-3-13-7-9(12-8-13)19(17,18)14-6-4-5-11(14,2)10(15)16/h7-8H,3-6H2,1-2H3,(H,15,16). The van der Waals surface area contributed by atoms with E-state index in [0.29, 0.717) is 19.4 Å². The zero-order chi connectivity index (χ0) is 14.3. The minimum Gasteiger partial charge on any atom is -0.480 e. The van der Waals surface area contributed by atoms with Crippen molar-refractivity contribution >= 4 is 16.0 Å². The first-order valence-corrected chi connectivity index (χ1v) is 7.54. The lowest BCUT2D eigenvalue weighted by atomic mass is 10.0. The Balaban J connectivity index is 2.42. The molecule has 0 radical (unpaired) electrons. The Bertz CT molecular complexity index is 595. The second-order valence-corrected chi connectivity index (χ2v) is 6.61. The fourth-order valence-electron chi connectivity index (χ4n) is 2.30. The molecule has 1 aromatic heterocycles. The summed E-state index contributed by atoms with van der Waals surface area (Å²) < 4.78 is 27.6. The maximum atomic E-state index is 12.5. The minimum absolute atomic E-state index is 0.0938. The highest BCUT2D eigenvalue weighted by Crippen LogP contribution is 2.34. The molecule has 19 heavy (non-hydrogen) atoms. The molecular weight excluding hydrogens is 270 g/mol. The molecule has 1 aliphatic heterocycles. The Morgan fingerprint density at radius 1 is 1.58 bits per heavy atom. The van der Waals surface area contributed by atoms with Crippen molar-refractivity contribution in [3.8, 4) is 0 Å². The largest absolute Gasteiger partial charge is 0.480 e. The SMILES string of the molecule is CCn1cnc(S(=O)(=O)N2CCCC2(C)C(=O)O)c1. The third-order valence-corrected chi connectivity index (χ3v) is 5.47. The lowest BCUT2D eigenvalue weighted by molar-refractivity contribution is -0.146. The Labute approximate surface area is 111 Å². The Hall–Kier alpha value is -1.41. The van der Waals surface area contributed by atoms with Gasteiger partial charge in [0.25, 0.3) is 10.0 Å². The summed E-state index contributed by atoms with van der Waals surface area (Å²) in [7, 11) is -3.86. The zero-order valence-electron chi connectivity index (χ0n) is 10.9. The van der Waals surface area contributed by atoms with E-state index in [1.54, 1.807) is 4.57 Å². The quantitative estimate of drug-likeness (QED) is 0.872. The molecular formula is C11H17N3O4S. The van der Waals surface area contributed by atoms with Crippen molar-refractivity contribution in [2.45, 2.75) is 43.8 Å². The average Bonchev–Trinajstić information content (AvgIpc) is 2.95. The fraction of sp³-hybridized carbons (Fsp3) is 0.636. The van der Waals surface area contributed by atoms with E-state index >= 15 is 0 Å². The van der Waals surface area contributed by atoms with Crippen LogP contribution in [-0.4, -0.2) is 45.4 Å². The molecule has 1 saturated heterocycles. The van der Waals surface area contributed by atoms with Gasteiger partial charge in [0.1, 0.15) is 5.54 Å². The van der Waals surface area contributed by atoms with Crippen LogP contribution < -0.4 is 0 Å². The molecule has 2 rings (SSSR count). The van der Waals surface area contributed by atoms with Gasteiger partial charge in [0.2, 0.25) is 0 Å². The molecule has 1 aromatic rings. The van der Waals surface area contributed by atoms with Gasteiger partial charge in [-0.2, -0.15) is 4.31 Å². The van der Waals surface area contributed by atoms with Crippen molar-refractivity contribution in [1.82, 2.24) is 13.9 Å². The number of aliphatic carboxylic acids is 1. The number of aromatic nitrogens is 2. The second kappa shape index (κ2) is 4.61. The summed E-state index contributed by atoms with van der Waals surface area (Å²) in [6.07, 6.45) is 3.71. The fourth-order valence-corrected chi connectivity index (χ4v) is 4.04. The Morgan fingerprint density at radius 2 is 2.26 bits per heavy atom. The van der Waals surface area contributed by atoms with Crippen LogP contribution in [0.1, 0.15) is 26.7 Å². The number of aryl methyl sites for hydroxylation is 1. The van der Waals surface area contributed by atoms with Crippen LogP contribution in [0.3, 0.4) is 0 Å². The van der Waals surface area contributed by atoms with Crippen LogP contribution in [0.15, 0.2) is 17.6 Å². The summed E-state index contributed by atoms with van der Waals surface area (Å²) in [5.74, 6) is -1.12. The molecule has 0 aliphatic carbocycles. The highest BCUT2D eigenvalue weighted by atomic mass is 32.2. The summed E-state index contributed by atoms with van der Waals surface area (Å²) in [5.41, 5.74) is -1.38. The number of hydrogen-bond donors (Lipinski definition) is 1. The van der Waals surface area contributed by atoms with Gasteiger partial charge in [0.05, 0.1) is 6.33 Å². The minimum atomic E-state index is -3.86. The molecule has 8 heteroatoms. The Kier molecular flexibility index (Phi) is 3.40. The monoisotopic (exact) mass is 287 g/mol. The summed E-state index contributed by atoms with van der Waals surface area (Å²) in [5, 5.41) is 9.18. The van der Waals surface area contributed by atoms with Crippen molar-refractivity contribution in [2.24, 2.45) is 0 Å². The number of carboxylic acids is 1. The third kappa shape index (κ3) is 2.14. The molecule has 1 aliphatic rings. The molecule has 0 saturated carbocycles. The number of carbonyl (C=O) groups is 1. The van der Waals surface area contributed by atoms with E-state index < -0.39 is 21.5 Å². The number of carboxylic acid groups (broad SMARTS) is 1. The van der Waals surface area contributed by atoms with E-state index in [1.165, 1.54) is 19.4 Å². The molecule has 0 bridgehead atoms. The van der Waals surface area contributed by atoms with E-state index in [4.69, 9.17) is 0 Å². The van der Waals surface area contributed by atoms with Gasteiger partial charge in [0, 0.05) is 19.3 Å². The van der Waals surface area contributed by atoms with Crippen molar-refractivity contribution in [3.63, 3.8) is 0 Å². The van der Waals surface area contributed by atoms with Crippen LogP contribution in [0.25, 0.3) is 0 Å². The van der Waals surface area contributed by atoms with Gasteiger partial charge in [-0.05, 0) is 26.7 Å². The van der Waals surface area contributed by atoms with Gasteiger partial charge in [0.15, 0.2) is 5.03 Å². The molecule has 0 spiro atoms. The van der Waals surface area contributed by atoms with Crippen LogP contribution in [0.4, 0.5) is 0 Å². The van der Waals surface area contributed by atoms with E-state index in [9.17, 15) is 18.3 Å². The topological polar surface area (TPSA) is 92.5 Å². The molecule has 0 amide bonds. The molecule has 1 fully saturated rings. The first-order chi connectivity index (χ1) is 8.82. The molecule has 0 aromatic carbocycles. The predicted octanol–water partition coefficient (Wildman–Crippen LogP) is 0.531. The molecule has 7 nitrogen and oxygen atoms in total. The molecule has 106 valence electrons. The highest BCUT2D eigenvalue weighted by molar-refractivity contribution is 7.89. The van der Waals surface area contributed by atoms with E-state index in [0.717, 1.165) is 4.31 Å². The smallest absolute Gasteiger partial charge is 0.324 e. The summed E-state index contributed by atoms with van der Waals surface area (Å²) in [6, 6.07) is 0. The predicted molar refractivity (Wildman–Crippen MR) is 67.1 cm³/mol. The summed E-state index contributed by atoms with van der Waals surface area (Å²) in [4.78, 5) is 15.2. The van der Waals surface area contributed by atoms with Crippen LogP contribution >= 0.6 is 0 Å². The first kappa shape index (κ1) is 14.0. The normalized spacial score (nSPS) is 24.7. The van der Waals surface area contributed by atoms with Gasteiger partial charge in [-0.15, -0.1) is 0 Å². The lowest BCUT2D eigenvalue weighted by Gasteiger charge is -2.29. The first-order valence-electron chi connectivity index (χ1n) is 6.10. The second-order valence-electron chi connectivity index (χ2n) is 4.80. The number of sulfonamides is 1. The van der Waals surface area contributed by atoms with Crippen LogP contribution in [0.2, 0.25) is 0 Å². The maximum absolute atomic E-state index is 12.5. The molecule has 1 unspecified atom stereocenters. The zero-order valence-corrected chi connectivity index (χ0v) is 11.7. The molecule has 2 heterocycles. The van der Waals surface area contributed by atoms with Crippen LogP contribution in [0.5, 0.6) is 0 Å². The number of hydrogen-bond acceptors (Lipinski definition) is 4. The number of nitrogens with zero attached hydrogens (tertiary/aromatic N) is 3. The molecule has 1 atom stereocenters. The average molecular weight is 287 g/mol. The van der Waals surface area contributed by atoms with Crippen LogP contribution in [0, 0.1) is 0 Å². The maximum Gasteiger partial charge on any atom is 0.324 e. The van der Waals surface area contributed by atoms with Gasteiger partial charge >= 0.3 is 5.97 Å². The number of rotatable bonds is 4. The van der Waals surface area contributed by atoms with Crippen molar-refractivity contribution < 1.29 is 18.3 Å². The van der Waals surface area contributed by atoms with E-state index in [1.807, 2.05) is 6.92 Å². The Morgan fingerprint density at radius 3 is 2.79 bits per heavy atom. The van der Waals surface area contributed by atoms with Crippen molar-refractivity contribution in [2.75, 3.05) is 6.54 Å². The summed E-state index contributed by atoms with van der Waals surface area (Å²) in [6.45, 7) is 4.13. The van der Waals surface area contributed by atoms with Crippen molar-refractivity contribution in [1.29, 1.82) is 0 Å². The van der Waals surface area contributed by atoms with Gasteiger partial charge in [-0.3, -0.25) is 4.79 Å². The summed E-state index contributed by atoms with van der Waals surface area (Å²) >= 11 is 0. The van der Waals surface area contributed by atoms with Gasteiger partial charge < -0.3 is 9.67 Å². The highest BCUT2D eigenvalue weighted by Gasteiger charge is 2.50. The van der Waals surface area contributed by atoms with Crippen LogP contribution in [-0.2, 0) is 21.4 Å². The lowest BCUT2D eigenvalue weighted by Crippen LogP contribution is -2.50. The van der Waals surface area contributed by atoms with Gasteiger partial charge in [-0.1, -0.05) is 0 Å². The number of imidazole rings is 1. The van der Waals surface area contributed by atoms with Gasteiger partial charge in [-0.25, -0.2) is 13.4 Å². The van der Waals surface area contributed by atoms with Crippen molar-refractivity contribution in [3.05, 3.63) is 12.5 Å².